The number of thiocarbonyl (C=S) groups is 1. The molecular formula is C35H34N4OS. The summed E-state index contributed by atoms with van der Waals surface area (Å²) in [5.41, 5.74) is 9.47. The number of hydrogen-bond acceptors (Lipinski definition) is 3. The van der Waals surface area contributed by atoms with Crippen LogP contribution in [0.3, 0.4) is 0 Å². The second-order valence-electron chi connectivity index (χ2n) is 10.5. The molecule has 3 aromatic carbocycles. The predicted octanol–water partition coefficient (Wildman–Crippen LogP) is 8.33. The minimum absolute atomic E-state index is 0.0904. The Hall–Kier alpha value is -4.42. The summed E-state index contributed by atoms with van der Waals surface area (Å²) in [5.74, 6) is 1.59. The second-order valence-corrected chi connectivity index (χ2v) is 10.9. The van der Waals surface area contributed by atoms with Crippen LogP contribution < -0.4 is 15.0 Å². The summed E-state index contributed by atoms with van der Waals surface area (Å²) >= 11 is 6.00. The molecular weight excluding hydrogens is 524 g/mol. The van der Waals surface area contributed by atoms with Crippen LogP contribution in [0.5, 0.6) is 11.5 Å². The van der Waals surface area contributed by atoms with Gasteiger partial charge in [0.25, 0.3) is 0 Å². The Morgan fingerprint density at radius 2 is 1.59 bits per heavy atom. The van der Waals surface area contributed by atoms with Crippen LogP contribution in [-0.4, -0.2) is 14.7 Å². The van der Waals surface area contributed by atoms with Gasteiger partial charge in [-0.2, -0.15) is 0 Å². The van der Waals surface area contributed by atoms with Crippen LogP contribution >= 0.6 is 12.2 Å². The summed E-state index contributed by atoms with van der Waals surface area (Å²) in [6.07, 6.45) is 2.82. The second kappa shape index (κ2) is 11.2. The first-order chi connectivity index (χ1) is 20.0. The van der Waals surface area contributed by atoms with Crippen LogP contribution in [0.15, 0.2) is 103 Å². The van der Waals surface area contributed by atoms with Crippen molar-refractivity contribution in [1.29, 1.82) is 0 Å². The van der Waals surface area contributed by atoms with Crippen molar-refractivity contribution >= 4 is 23.0 Å². The molecule has 0 aliphatic carbocycles. The van der Waals surface area contributed by atoms with Crippen LogP contribution in [0.1, 0.15) is 52.8 Å². The number of para-hydroxylation sites is 2. The molecule has 0 bridgehead atoms. The molecule has 1 N–H and O–H groups in total. The summed E-state index contributed by atoms with van der Waals surface area (Å²) in [5, 5.41) is 4.28. The van der Waals surface area contributed by atoms with Crippen molar-refractivity contribution < 1.29 is 4.74 Å². The van der Waals surface area contributed by atoms with Gasteiger partial charge in [-0.1, -0.05) is 49.4 Å². The molecule has 5 aromatic rings. The van der Waals surface area contributed by atoms with Gasteiger partial charge in [0.15, 0.2) is 5.11 Å². The molecule has 2 atom stereocenters. The zero-order valence-electron chi connectivity index (χ0n) is 23.8. The van der Waals surface area contributed by atoms with Gasteiger partial charge in [-0.15, -0.1) is 0 Å². The maximum absolute atomic E-state index is 6.06. The van der Waals surface area contributed by atoms with E-state index in [1.807, 2.05) is 60.8 Å². The van der Waals surface area contributed by atoms with E-state index in [9.17, 15) is 0 Å². The van der Waals surface area contributed by atoms with E-state index < -0.39 is 0 Å². The summed E-state index contributed by atoms with van der Waals surface area (Å²) in [6, 6.07) is 32.7. The fourth-order valence-electron chi connectivity index (χ4n) is 6.00. The molecule has 0 radical (unpaired) electrons. The number of hydrogen-bond donors (Lipinski definition) is 1. The predicted molar refractivity (Wildman–Crippen MR) is 170 cm³/mol. The molecule has 41 heavy (non-hydrogen) atoms. The summed E-state index contributed by atoms with van der Waals surface area (Å²) in [7, 11) is 0. The monoisotopic (exact) mass is 558 g/mol. The largest absolute Gasteiger partial charge is 0.457 e. The van der Waals surface area contributed by atoms with Gasteiger partial charge in [0.2, 0.25) is 0 Å². The molecule has 1 aliphatic rings. The molecule has 0 unspecified atom stereocenters. The Morgan fingerprint density at radius 3 is 2.29 bits per heavy atom. The van der Waals surface area contributed by atoms with E-state index in [0.717, 1.165) is 29.3 Å². The Morgan fingerprint density at radius 1 is 0.854 bits per heavy atom. The van der Waals surface area contributed by atoms with Gasteiger partial charge in [-0.05, 0) is 111 Å². The zero-order valence-corrected chi connectivity index (χ0v) is 24.7. The molecule has 2 aromatic heterocycles. The highest BCUT2D eigenvalue weighted by molar-refractivity contribution is 7.80. The van der Waals surface area contributed by atoms with Gasteiger partial charge >= 0.3 is 0 Å². The molecule has 0 spiro atoms. The van der Waals surface area contributed by atoms with Gasteiger partial charge in [0.1, 0.15) is 11.5 Å². The molecule has 3 heterocycles. The highest BCUT2D eigenvalue weighted by atomic mass is 32.1. The van der Waals surface area contributed by atoms with Crippen molar-refractivity contribution in [1.82, 2.24) is 14.9 Å². The minimum Gasteiger partial charge on any atom is -0.457 e. The molecule has 1 saturated heterocycles. The minimum atomic E-state index is -0.111. The Kier molecular flexibility index (Phi) is 7.33. The van der Waals surface area contributed by atoms with Crippen LogP contribution in [0.4, 0.5) is 5.69 Å². The molecule has 0 saturated carbocycles. The lowest BCUT2D eigenvalue weighted by Crippen LogP contribution is -2.29. The fraction of sp³-hybridized carbons (Fsp3) is 0.200. The van der Waals surface area contributed by atoms with Crippen molar-refractivity contribution in [3.8, 4) is 17.2 Å². The number of aryl methyl sites for hydroxylation is 3. The summed E-state index contributed by atoms with van der Waals surface area (Å²) in [6.45, 7) is 8.83. The van der Waals surface area contributed by atoms with Crippen molar-refractivity contribution in [3.05, 3.63) is 137 Å². The van der Waals surface area contributed by atoms with Crippen LogP contribution in [0.25, 0.3) is 5.69 Å². The van der Waals surface area contributed by atoms with Gasteiger partial charge < -0.3 is 19.5 Å². The van der Waals surface area contributed by atoms with Crippen molar-refractivity contribution in [2.45, 2.75) is 46.2 Å². The number of nitrogens with zero attached hydrogens (tertiary/aromatic N) is 3. The van der Waals surface area contributed by atoms with Gasteiger partial charge in [-0.3, -0.25) is 4.98 Å². The highest BCUT2D eigenvalue weighted by Crippen LogP contribution is 2.44. The number of anilines is 1. The number of pyridine rings is 1. The van der Waals surface area contributed by atoms with Crippen LogP contribution in [-0.2, 0) is 6.42 Å². The molecule has 0 amide bonds. The average Bonchev–Trinajstić information content (AvgIpc) is 3.49. The molecule has 6 heteroatoms. The maximum Gasteiger partial charge on any atom is 0.174 e. The number of aromatic nitrogens is 2. The molecule has 6 rings (SSSR count). The third-order valence-corrected chi connectivity index (χ3v) is 8.22. The third kappa shape index (κ3) is 5.00. The van der Waals surface area contributed by atoms with E-state index in [2.05, 4.69) is 84.9 Å². The van der Waals surface area contributed by atoms with E-state index in [1.165, 1.54) is 33.8 Å². The maximum atomic E-state index is 6.06. The average molecular weight is 559 g/mol. The highest BCUT2D eigenvalue weighted by Gasteiger charge is 2.42. The number of ether oxygens (including phenoxy) is 1. The lowest BCUT2D eigenvalue weighted by Gasteiger charge is -2.28. The Labute approximate surface area is 247 Å². The summed E-state index contributed by atoms with van der Waals surface area (Å²) < 4.78 is 8.48. The number of benzene rings is 3. The smallest absolute Gasteiger partial charge is 0.174 e. The standard InChI is InChI=1S/C35H34N4OS/c1-5-26-13-11-12-23(2)33(26)38-24(3)22-30(25(38)4)34-32(31-16-9-10-21-36-31)37-35(41)39(34)27-17-19-29(20-18-27)40-28-14-7-6-8-15-28/h6-22,32,34H,5H2,1-4H3,(H,37,41)/t32-,34-/m0/s1. The summed E-state index contributed by atoms with van der Waals surface area (Å²) in [4.78, 5) is 6.97. The quantitative estimate of drug-likeness (QED) is 0.203. The van der Waals surface area contributed by atoms with Crippen LogP contribution in [0, 0.1) is 20.8 Å². The lowest BCUT2D eigenvalue weighted by atomic mass is 9.96. The first-order valence-electron chi connectivity index (χ1n) is 14.1. The zero-order chi connectivity index (χ0) is 28.5. The molecule has 1 fully saturated rings. The SMILES string of the molecule is CCc1cccc(C)c1-n1c(C)cc([C@H]2[C@H](c3ccccn3)NC(=S)N2c2ccc(Oc3ccccc3)cc2)c1C. The van der Waals surface area contributed by atoms with E-state index in [-0.39, 0.29) is 12.1 Å². The Bertz CT molecular complexity index is 1680. The molecule has 5 nitrogen and oxygen atoms in total. The van der Waals surface area contributed by atoms with E-state index in [0.29, 0.717) is 5.11 Å². The van der Waals surface area contributed by atoms with Gasteiger partial charge in [0, 0.05) is 23.3 Å². The fourth-order valence-corrected chi connectivity index (χ4v) is 6.35. The normalized spacial score (nSPS) is 16.6. The van der Waals surface area contributed by atoms with Gasteiger partial charge in [0.05, 0.1) is 23.5 Å². The Balaban J connectivity index is 1.45. The van der Waals surface area contributed by atoms with E-state index in [4.69, 9.17) is 21.9 Å². The molecule has 206 valence electrons. The number of nitrogens with one attached hydrogen (secondary N) is 1. The lowest BCUT2D eigenvalue weighted by molar-refractivity contribution is 0.482. The van der Waals surface area contributed by atoms with Crippen LogP contribution in [0.2, 0.25) is 0 Å². The van der Waals surface area contributed by atoms with E-state index >= 15 is 0 Å². The number of rotatable bonds is 7. The molecule has 1 aliphatic heterocycles. The topological polar surface area (TPSA) is 42.3 Å². The van der Waals surface area contributed by atoms with Crippen molar-refractivity contribution in [3.63, 3.8) is 0 Å². The first-order valence-corrected chi connectivity index (χ1v) is 14.5. The third-order valence-electron chi connectivity index (χ3n) is 7.91. The van der Waals surface area contributed by atoms with Crippen molar-refractivity contribution in [2.75, 3.05) is 4.90 Å². The van der Waals surface area contributed by atoms with Gasteiger partial charge in [-0.25, -0.2) is 0 Å². The van der Waals surface area contributed by atoms with E-state index in [1.54, 1.807) is 0 Å². The first kappa shape index (κ1) is 26.8. The van der Waals surface area contributed by atoms with Crippen molar-refractivity contribution in [2.24, 2.45) is 0 Å².